The van der Waals surface area contributed by atoms with E-state index in [-0.39, 0.29) is 11.8 Å². The minimum atomic E-state index is -0.0645. The fraction of sp³-hybridized carbons (Fsp3) is 0.179. The minimum Gasteiger partial charge on any atom is -0.488 e. The molecular formula is C28H26Cl2N2O2. The molecule has 0 aliphatic rings. The first-order valence-corrected chi connectivity index (χ1v) is 11.9. The van der Waals surface area contributed by atoms with E-state index in [1.807, 2.05) is 68.4 Å². The summed E-state index contributed by atoms with van der Waals surface area (Å²) in [6.07, 6.45) is 0. The van der Waals surface area contributed by atoms with Gasteiger partial charge < -0.3 is 15.4 Å². The number of hydrogen-bond acceptors (Lipinski definition) is 3. The fourth-order valence-electron chi connectivity index (χ4n) is 3.58. The molecule has 34 heavy (non-hydrogen) atoms. The smallest absolute Gasteiger partial charge is 0.226 e. The van der Waals surface area contributed by atoms with E-state index in [0.717, 1.165) is 39.0 Å². The van der Waals surface area contributed by atoms with Crippen molar-refractivity contribution >= 4 is 51.3 Å². The number of carbonyl (C=O) groups is 1. The van der Waals surface area contributed by atoms with Crippen LogP contribution in [0.5, 0.6) is 5.75 Å². The molecule has 0 atom stereocenters. The molecular weight excluding hydrogens is 467 g/mol. The average molecular weight is 493 g/mol. The van der Waals surface area contributed by atoms with Gasteiger partial charge in [0.2, 0.25) is 5.91 Å². The number of ether oxygens (including phenoxy) is 1. The molecule has 4 rings (SSSR count). The number of nitrogens with one attached hydrogen (secondary N) is 2. The van der Waals surface area contributed by atoms with E-state index in [1.165, 1.54) is 0 Å². The molecule has 0 aromatic heterocycles. The van der Waals surface area contributed by atoms with E-state index in [0.29, 0.717) is 23.2 Å². The number of amides is 1. The topological polar surface area (TPSA) is 50.4 Å². The zero-order valence-electron chi connectivity index (χ0n) is 19.1. The molecule has 1 amide bonds. The zero-order chi connectivity index (χ0) is 24.1. The van der Waals surface area contributed by atoms with Crippen LogP contribution < -0.4 is 15.4 Å². The predicted molar refractivity (Wildman–Crippen MR) is 142 cm³/mol. The standard InChI is InChI=1S/C28H26Cl2N2O2/c1-18(2)28(33)32-23-12-10-22(11-13-23)31-16-25-24-6-4-3-5-19(24)8-14-27(25)34-17-20-7-9-21(29)15-26(20)30/h3-15,18,31H,16-17H2,1-2H3,(H,32,33). The Bertz CT molecular complexity index is 1300. The van der Waals surface area contributed by atoms with Crippen LogP contribution >= 0.6 is 23.2 Å². The number of carbonyl (C=O) groups excluding carboxylic acids is 1. The maximum absolute atomic E-state index is 11.9. The predicted octanol–water partition coefficient (Wildman–Crippen LogP) is 7.93. The van der Waals surface area contributed by atoms with Gasteiger partial charge in [0.1, 0.15) is 12.4 Å². The summed E-state index contributed by atoms with van der Waals surface area (Å²) < 4.78 is 6.21. The molecule has 4 aromatic rings. The van der Waals surface area contributed by atoms with Gasteiger partial charge in [0, 0.05) is 45.0 Å². The summed E-state index contributed by atoms with van der Waals surface area (Å²) in [6.45, 7) is 4.65. The lowest BCUT2D eigenvalue weighted by Gasteiger charge is -2.16. The van der Waals surface area contributed by atoms with Gasteiger partial charge in [-0.15, -0.1) is 0 Å². The van der Waals surface area contributed by atoms with Gasteiger partial charge in [-0.1, -0.05) is 73.4 Å². The highest BCUT2D eigenvalue weighted by Crippen LogP contribution is 2.31. The van der Waals surface area contributed by atoms with Gasteiger partial charge in [0.15, 0.2) is 0 Å². The Kier molecular flexibility index (Phi) is 7.61. The molecule has 0 heterocycles. The summed E-state index contributed by atoms with van der Waals surface area (Å²) >= 11 is 12.3. The minimum absolute atomic E-state index is 0.000883. The number of fused-ring (bicyclic) bond motifs is 1. The second kappa shape index (κ2) is 10.8. The van der Waals surface area contributed by atoms with Crippen LogP contribution in [0.15, 0.2) is 78.9 Å². The van der Waals surface area contributed by atoms with Gasteiger partial charge in [-0.2, -0.15) is 0 Å². The van der Waals surface area contributed by atoms with Crippen LogP contribution in [0.25, 0.3) is 10.8 Å². The van der Waals surface area contributed by atoms with Crippen LogP contribution in [0.4, 0.5) is 11.4 Å². The van der Waals surface area contributed by atoms with E-state index in [4.69, 9.17) is 27.9 Å². The molecule has 174 valence electrons. The van der Waals surface area contributed by atoms with Crippen molar-refractivity contribution < 1.29 is 9.53 Å². The average Bonchev–Trinajstić information content (AvgIpc) is 2.83. The molecule has 0 bridgehead atoms. The van der Waals surface area contributed by atoms with Crippen molar-refractivity contribution in [2.45, 2.75) is 27.0 Å². The van der Waals surface area contributed by atoms with Gasteiger partial charge in [-0.3, -0.25) is 4.79 Å². The quantitative estimate of drug-likeness (QED) is 0.262. The van der Waals surface area contributed by atoms with Crippen molar-refractivity contribution in [2.24, 2.45) is 5.92 Å². The number of benzene rings is 4. The first kappa shape index (κ1) is 23.9. The van der Waals surface area contributed by atoms with E-state index < -0.39 is 0 Å². The van der Waals surface area contributed by atoms with Gasteiger partial charge in [0.05, 0.1) is 0 Å². The maximum atomic E-state index is 11.9. The second-order valence-electron chi connectivity index (χ2n) is 8.36. The maximum Gasteiger partial charge on any atom is 0.226 e. The third kappa shape index (κ3) is 5.82. The Morgan fingerprint density at radius 3 is 2.38 bits per heavy atom. The van der Waals surface area contributed by atoms with Gasteiger partial charge in [-0.25, -0.2) is 0 Å². The Morgan fingerprint density at radius 2 is 1.65 bits per heavy atom. The number of rotatable bonds is 8. The van der Waals surface area contributed by atoms with E-state index in [9.17, 15) is 4.79 Å². The number of hydrogen-bond donors (Lipinski definition) is 2. The summed E-state index contributed by atoms with van der Waals surface area (Å²) in [5.74, 6) is 0.724. The van der Waals surface area contributed by atoms with Crippen molar-refractivity contribution in [3.8, 4) is 5.75 Å². The Labute approximate surface area is 209 Å². The molecule has 2 N–H and O–H groups in total. The van der Waals surface area contributed by atoms with Crippen LogP contribution in [0.2, 0.25) is 10.0 Å². The third-order valence-electron chi connectivity index (χ3n) is 5.54. The summed E-state index contributed by atoms with van der Waals surface area (Å²) in [7, 11) is 0. The lowest BCUT2D eigenvalue weighted by Crippen LogP contribution is -2.17. The summed E-state index contributed by atoms with van der Waals surface area (Å²) in [5, 5.41) is 9.83. The molecule has 0 aliphatic carbocycles. The summed E-state index contributed by atoms with van der Waals surface area (Å²) in [4.78, 5) is 11.9. The lowest BCUT2D eigenvalue weighted by atomic mass is 10.0. The van der Waals surface area contributed by atoms with Crippen LogP contribution in [0.1, 0.15) is 25.0 Å². The van der Waals surface area contributed by atoms with Crippen LogP contribution in [-0.4, -0.2) is 5.91 Å². The SMILES string of the molecule is CC(C)C(=O)Nc1ccc(NCc2c(OCc3ccc(Cl)cc3Cl)ccc3ccccc23)cc1. The third-order valence-corrected chi connectivity index (χ3v) is 6.13. The summed E-state index contributed by atoms with van der Waals surface area (Å²) in [6, 6.07) is 25.4. The molecule has 4 nitrogen and oxygen atoms in total. The molecule has 6 heteroatoms. The fourth-order valence-corrected chi connectivity index (χ4v) is 4.04. The zero-order valence-corrected chi connectivity index (χ0v) is 20.6. The van der Waals surface area contributed by atoms with Crippen molar-refractivity contribution in [1.29, 1.82) is 0 Å². The highest BCUT2D eigenvalue weighted by atomic mass is 35.5. The normalized spacial score (nSPS) is 11.0. The van der Waals surface area contributed by atoms with Crippen molar-refractivity contribution in [3.05, 3.63) is 100 Å². The highest BCUT2D eigenvalue weighted by molar-refractivity contribution is 6.35. The number of halogens is 2. The van der Waals surface area contributed by atoms with Gasteiger partial charge in [-0.05, 0) is 53.2 Å². The van der Waals surface area contributed by atoms with Gasteiger partial charge in [0.25, 0.3) is 0 Å². The molecule has 0 saturated heterocycles. The van der Waals surface area contributed by atoms with Crippen molar-refractivity contribution in [3.63, 3.8) is 0 Å². The highest BCUT2D eigenvalue weighted by Gasteiger charge is 2.11. The molecule has 0 unspecified atom stereocenters. The van der Waals surface area contributed by atoms with E-state index >= 15 is 0 Å². The van der Waals surface area contributed by atoms with E-state index in [1.54, 1.807) is 6.07 Å². The Morgan fingerprint density at radius 1 is 0.912 bits per heavy atom. The van der Waals surface area contributed by atoms with Crippen molar-refractivity contribution in [1.82, 2.24) is 0 Å². The first-order valence-electron chi connectivity index (χ1n) is 11.1. The van der Waals surface area contributed by atoms with E-state index in [2.05, 4.69) is 28.8 Å². The summed E-state index contributed by atoms with van der Waals surface area (Å²) in [5.41, 5.74) is 3.65. The van der Waals surface area contributed by atoms with Crippen LogP contribution in [-0.2, 0) is 17.9 Å². The second-order valence-corrected chi connectivity index (χ2v) is 9.21. The molecule has 0 radical (unpaired) electrons. The molecule has 0 saturated carbocycles. The Balaban J connectivity index is 1.53. The molecule has 4 aromatic carbocycles. The molecule has 0 spiro atoms. The number of anilines is 2. The molecule has 0 aliphatic heterocycles. The van der Waals surface area contributed by atoms with Crippen LogP contribution in [0, 0.1) is 5.92 Å². The lowest BCUT2D eigenvalue weighted by molar-refractivity contribution is -0.118. The monoisotopic (exact) mass is 492 g/mol. The van der Waals surface area contributed by atoms with Crippen LogP contribution in [0.3, 0.4) is 0 Å². The van der Waals surface area contributed by atoms with Crippen molar-refractivity contribution in [2.75, 3.05) is 10.6 Å². The molecule has 0 fully saturated rings. The first-order chi connectivity index (χ1) is 16.4. The van der Waals surface area contributed by atoms with Gasteiger partial charge >= 0.3 is 0 Å². The Hall–Kier alpha value is -3.21. The largest absolute Gasteiger partial charge is 0.488 e.